The van der Waals surface area contributed by atoms with Gasteiger partial charge in [0.15, 0.2) is 5.60 Å². The minimum absolute atomic E-state index is 0.155. The average Bonchev–Trinajstić information content (AvgIpc) is 2.88. The second kappa shape index (κ2) is 4.32. The quantitative estimate of drug-likeness (QED) is 0.681. The van der Waals surface area contributed by atoms with E-state index < -0.39 is 15.9 Å². The molecule has 1 aromatic carbocycles. The fraction of sp³-hybridized carbons (Fsp3) is 0.462. The summed E-state index contributed by atoms with van der Waals surface area (Å²) in [6.07, 6.45) is 0.747. The van der Waals surface area contributed by atoms with Gasteiger partial charge in [0.1, 0.15) is 10.1 Å². The summed E-state index contributed by atoms with van der Waals surface area (Å²) in [4.78, 5) is 10.9. The first-order chi connectivity index (χ1) is 8.22. The molecule has 1 aliphatic carbocycles. The largest absolute Gasteiger partial charge is 0.478 e. The Kier molecular flexibility index (Phi) is 3.24. The molecule has 0 spiro atoms. The van der Waals surface area contributed by atoms with Gasteiger partial charge in [-0.2, -0.15) is 0 Å². The molecule has 0 aliphatic heterocycles. The second-order valence-corrected chi connectivity index (χ2v) is 6.55. The normalized spacial score (nSPS) is 21.4. The van der Waals surface area contributed by atoms with E-state index in [1.807, 2.05) is 12.1 Å². The standard InChI is InChI=1S/C13H14Cl2O3/c1-12(2,11(16)17)18-9-5-3-8(4-6-9)10-7-13(10,14)15/h3-6,10H,7H2,1-2H3,(H,16,17)/i7+1. The molecular weight excluding hydrogens is 276 g/mol. The Labute approximate surface area is 116 Å². The van der Waals surface area contributed by atoms with Crippen LogP contribution in [0.4, 0.5) is 0 Å². The van der Waals surface area contributed by atoms with Crippen LogP contribution in [0.15, 0.2) is 24.3 Å². The van der Waals surface area contributed by atoms with Crippen LogP contribution in [-0.4, -0.2) is 21.0 Å². The molecule has 18 heavy (non-hydrogen) atoms. The smallest absolute Gasteiger partial charge is 0.347 e. The van der Waals surface area contributed by atoms with Crippen molar-refractivity contribution in [2.45, 2.75) is 36.1 Å². The lowest BCUT2D eigenvalue weighted by Gasteiger charge is -2.21. The Bertz CT molecular complexity index is 466. The van der Waals surface area contributed by atoms with Gasteiger partial charge in [0.25, 0.3) is 0 Å². The molecule has 1 saturated carbocycles. The molecule has 0 saturated heterocycles. The van der Waals surface area contributed by atoms with E-state index in [9.17, 15) is 4.79 Å². The predicted octanol–water partition coefficient (Wildman–Crippen LogP) is 3.59. The zero-order valence-electron chi connectivity index (χ0n) is 10.1. The Morgan fingerprint density at radius 1 is 1.39 bits per heavy atom. The van der Waals surface area contributed by atoms with Gasteiger partial charge in [0, 0.05) is 5.92 Å². The maximum atomic E-state index is 10.9. The molecule has 0 amide bonds. The Hall–Kier alpha value is -0.930. The van der Waals surface area contributed by atoms with Crippen molar-refractivity contribution in [1.82, 2.24) is 0 Å². The average molecular weight is 290 g/mol. The van der Waals surface area contributed by atoms with Crippen LogP contribution in [0.1, 0.15) is 31.7 Å². The van der Waals surface area contributed by atoms with Gasteiger partial charge in [0.05, 0.1) is 0 Å². The summed E-state index contributed by atoms with van der Waals surface area (Å²) < 4.78 is 4.75. The van der Waals surface area contributed by atoms with Crippen molar-refractivity contribution in [3.8, 4) is 5.75 Å². The number of halogens is 2. The maximum absolute atomic E-state index is 10.9. The fourth-order valence-corrected chi connectivity index (χ4v) is 2.24. The van der Waals surface area contributed by atoms with Crippen molar-refractivity contribution in [1.29, 1.82) is 0 Å². The number of carboxylic acids is 1. The van der Waals surface area contributed by atoms with Crippen molar-refractivity contribution < 1.29 is 14.6 Å². The van der Waals surface area contributed by atoms with Gasteiger partial charge in [-0.25, -0.2) is 4.79 Å². The molecule has 1 aromatic rings. The Morgan fingerprint density at radius 3 is 2.28 bits per heavy atom. The molecular formula is C13H14Cl2O3. The van der Waals surface area contributed by atoms with Crippen LogP contribution >= 0.6 is 23.2 Å². The first kappa shape index (κ1) is 13.5. The maximum Gasteiger partial charge on any atom is 0.347 e. The van der Waals surface area contributed by atoms with Gasteiger partial charge >= 0.3 is 5.97 Å². The molecule has 0 aromatic heterocycles. The van der Waals surface area contributed by atoms with Crippen LogP contribution in [0, 0.1) is 0 Å². The molecule has 2 rings (SSSR count). The van der Waals surface area contributed by atoms with E-state index in [0.717, 1.165) is 12.0 Å². The van der Waals surface area contributed by atoms with E-state index in [-0.39, 0.29) is 5.92 Å². The summed E-state index contributed by atoms with van der Waals surface area (Å²) in [6.45, 7) is 3.01. The van der Waals surface area contributed by atoms with Crippen LogP contribution in [0.3, 0.4) is 0 Å². The van der Waals surface area contributed by atoms with E-state index in [1.165, 1.54) is 13.8 Å². The van der Waals surface area contributed by atoms with Crippen molar-refractivity contribution in [3.63, 3.8) is 0 Å². The molecule has 0 heterocycles. The first-order valence-electron chi connectivity index (χ1n) is 5.62. The third-order valence-electron chi connectivity index (χ3n) is 3.00. The lowest BCUT2D eigenvalue weighted by Crippen LogP contribution is -2.37. The third kappa shape index (κ3) is 2.73. The van der Waals surface area contributed by atoms with Crippen LogP contribution in [0.25, 0.3) is 0 Å². The molecule has 1 N–H and O–H groups in total. The van der Waals surface area contributed by atoms with Crippen molar-refractivity contribution in [2.24, 2.45) is 0 Å². The van der Waals surface area contributed by atoms with Crippen molar-refractivity contribution >= 4 is 29.2 Å². The number of alkyl halides is 2. The molecule has 1 fully saturated rings. The van der Waals surface area contributed by atoms with E-state index in [0.29, 0.717) is 5.75 Å². The summed E-state index contributed by atoms with van der Waals surface area (Å²) >= 11 is 12.0. The third-order valence-corrected chi connectivity index (χ3v) is 3.83. The highest BCUT2D eigenvalue weighted by atomic mass is 35.5. The minimum atomic E-state index is -1.25. The van der Waals surface area contributed by atoms with E-state index in [2.05, 4.69) is 0 Å². The van der Waals surface area contributed by atoms with E-state index >= 15 is 0 Å². The lowest BCUT2D eigenvalue weighted by atomic mass is 10.1. The molecule has 5 heteroatoms. The molecule has 0 bridgehead atoms. The number of rotatable bonds is 4. The zero-order valence-corrected chi connectivity index (χ0v) is 11.6. The fourth-order valence-electron chi connectivity index (χ4n) is 1.68. The topological polar surface area (TPSA) is 46.5 Å². The predicted molar refractivity (Wildman–Crippen MR) is 70.6 cm³/mol. The van der Waals surface area contributed by atoms with Gasteiger partial charge in [-0.1, -0.05) is 12.1 Å². The van der Waals surface area contributed by atoms with Crippen LogP contribution in [-0.2, 0) is 4.79 Å². The van der Waals surface area contributed by atoms with Crippen molar-refractivity contribution in [2.75, 3.05) is 0 Å². The number of hydrogen-bond donors (Lipinski definition) is 1. The summed E-state index contributed by atoms with van der Waals surface area (Å²) in [5, 5.41) is 8.96. The molecule has 0 radical (unpaired) electrons. The highest BCUT2D eigenvalue weighted by Crippen LogP contribution is 2.59. The summed E-state index contributed by atoms with van der Waals surface area (Å²) in [7, 11) is 0. The van der Waals surface area contributed by atoms with E-state index in [4.69, 9.17) is 33.0 Å². The van der Waals surface area contributed by atoms with Gasteiger partial charge in [-0.3, -0.25) is 0 Å². The molecule has 1 atom stereocenters. The SMILES string of the molecule is CC(C)(Oc1ccc(C2[13CH2]C2(Cl)Cl)cc1)C(=O)O. The number of benzene rings is 1. The van der Waals surface area contributed by atoms with Gasteiger partial charge < -0.3 is 9.84 Å². The van der Waals surface area contributed by atoms with Crippen LogP contribution < -0.4 is 4.74 Å². The molecule has 1 unspecified atom stereocenters. The zero-order chi connectivity index (χ0) is 13.6. The van der Waals surface area contributed by atoms with Crippen molar-refractivity contribution in [3.05, 3.63) is 29.8 Å². The number of carboxylic acid groups (broad SMARTS) is 1. The lowest BCUT2D eigenvalue weighted by molar-refractivity contribution is -0.152. The highest BCUT2D eigenvalue weighted by molar-refractivity contribution is 6.51. The van der Waals surface area contributed by atoms with Crippen LogP contribution in [0.5, 0.6) is 5.75 Å². The second-order valence-electron chi connectivity index (χ2n) is 5.00. The first-order valence-corrected chi connectivity index (χ1v) is 6.38. The molecule has 3 nitrogen and oxygen atoms in total. The monoisotopic (exact) mass is 289 g/mol. The minimum Gasteiger partial charge on any atom is -0.478 e. The molecule has 98 valence electrons. The Balaban J connectivity index is 2.07. The highest BCUT2D eigenvalue weighted by Gasteiger charge is 2.52. The van der Waals surface area contributed by atoms with E-state index in [1.54, 1.807) is 12.1 Å². The Morgan fingerprint density at radius 2 is 1.89 bits per heavy atom. The number of aliphatic carboxylic acids is 1. The van der Waals surface area contributed by atoms with Gasteiger partial charge in [-0.15, -0.1) is 23.2 Å². The van der Waals surface area contributed by atoms with Gasteiger partial charge in [0.2, 0.25) is 0 Å². The van der Waals surface area contributed by atoms with Gasteiger partial charge in [-0.05, 0) is 38.0 Å². The summed E-state index contributed by atoms with van der Waals surface area (Å²) in [5.74, 6) is -0.335. The summed E-state index contributed by atoms with van der Waals surface area (Å²) in [6, 6.07) is 7.21. The molecule has 1 aliphatic rings. The summed E-state index contributed by atoms with van der Waals surface area (Å²) in [5.41, 5.74) is -0.204. The number of carbonyl (C=O) groups is 1. The number of hydrogen-bond acceptors (Lipinski definition) is 2. The van der Waals surface area contributed by atoms with Crippen LogP contribution in [0.2, 0.25) is 0 Å². The number of ether oxygens (including phenoxy) is 1.